The molecule has 1 amide bonds. The van der Waals surface area contributed by atoms with E-state index in [9.17, 15) is 13.2 Å². The van der Waals surface area contributed by atoms with Crippen LogP contribution in [0.4, 0.5) is 4.79 Å². The van der Waals surface area contributed by atoms with Crippen LogP contribution in [-0.2, 0) is 10.0 Å². The summed E-state index contributed by atoms with van der Waals surface area (Å²) in [6.07, 6.45) is -1.01. The quantitative estimate of drug-likeness (QED) is 0.715. The molecule has 0 saturated carbocycles. The van der Waals surface area contributed by atoms with Crippen LogP contribution in [0.2, 0.25) is 0 Å². The van der Waals surface area contributed by atoms with E-state index in [1.54, 1.807) is 36.4 Å². The van der Waals surface area contributed by atoms with E-state index in [-0.39, 0.29) is 10.8 Å². The fourth-order valence-corrected chi connectivity index (χ4v) is 2.74. The van der Waals surface area contributed by atoms with Crippen LogP contribution in [0.15, 0.2) is 70.0 Å². The Hall–Kier alpha value is -2.84. The third-order valence-electron chi connectivity index (χ3n) is 2.94. The molecular formula is C15H12N2O5S. The summed E-state index contributed by atoms with van der Waals surface area (Å²) in [6.45, 7) is 0. The molecule has 0 spiro atoms. The van der Waals surface area contributed by atoms with Crippen molar-refractivity contribution in [1.29, 1.82) is 0 Å². The normalized spacial score (nSPS) is 11.3. The van der Waals surface area contributed by atoms with E-state index >= 15 is 0 Å². The van der Waals surface area contributed by atoms with E-state index in [0.717, 1.165) is 5.39 Å². The first-order chi connectivity index (χ1) is 11.0. The van der Waals surface area contributed by atoms with Gasteiger partial charge in [0.15, 0.2) is 0 Å². The molecule has 2 N–H and O–H groups in total. The summed E-state index contributed by atoms with van der Waals surface area (Å²) >= 11 is 0. The molecule has 0 radical (unpaired) electrons. The highest BCUT2D eigenvalue weighted by atomic mass is 32.2. The fraction of sp³-hybridized carbons (Fsp3) is 0. The molecule has 0 aliphatic rings. The Bertz CT molecular complexity index is 902. The molecule has 2 aromatic carbocycles. The zero-order chi connectivity index (χ0) is 16.3. The smallest absolute Gasteiger partial charge is 0.425 e. The Labute approximate surface area is 131 Å². The first kappa shape index (κ1) is 15.1. The number of carbonyl (C=O) groups excluding carboxylic acids is 1. The second-order valence-corrected chi connectivity index (χ2v) is 6.22. The van der Waals surface area contributed by atoms with Crippen molar-refractivity contribution in [3.63, 3.8) is 0 Å². The maximum atomic E-state index is 11.9. The molecule has 3 rings (SSSR count). The predicted octanol–water partition coefficient (Wildman–Crippen LogP) is 2.41. The van der Waals surface area contributed by atoms with Gasteiger partial charge in [-0.15, -0.1) is 4.83 Å². The number of ether oxygens (including phenoxy) is 1. The van der Waals surface area contributed by atoms with Crippen molar-refractivity contribution in [1.82, 2.24) is 10.3 Å². The SMILES string of the molecule is O=C(NNS(=O)(=O)c1ccccc1)Oc1cc2ccccc2o1. The predicted molar refractivity (Wildman–Crippen MR) is 82.1 cm³/mol. The fourth-order valence-electron chi connectivity index (χ4n) is 1.89. The van der Waals surface area contributed by atoms with Gasteiger partial charge >= 0.3 is 6.09 Å². The first-order valence-corrected chi connectivity index (χ1v) is 8.06. The number of fused-ring (bicyclic) bond motifs is 1. The number of carbonyl (C=O) groups is 1. The standard InChI is InChI=1S/C15H12N2O5S/c18-15(16-17-23(19,20)12-7-2-1-3-8-12)22-14-10-11-6-4-5-9-13(11)21-14/h1-10,17H,(H,16,18). The summed E-state index contributed by atoms with van der Waals surface area (Å²) in [7, 11) is -3.86. The molecule has 1 aromatic heterocycles. The van der Waals surface area contributed by atoms with E-state index in [2.05, 4.69) is 0 Å². The minimum atomic E-state index is -3.86. The Morgan fingerprint density at radius 3 is 2.43 bits per heavy atom. The molecule has 0 bridgehead atoms. The second-order valence-electron chi connectivity index (χ2n) is 4.54. The lowest BCUT2D eigenvalue weighted by Gasteiger charge is -2.07. The third-order valence-corrected chi connectivity index (χ3v) is 4.20. The van der Waals surface area contributed by atoms with Crippen LogP contribution >= 0.6 is 0 Å². The van der Waals surface area contributed by atoms with Gasteiger partial charge in [0, 0.05) is 11.5 Å². The minimum absolute atomic E-state index is 0.0176. The zero-order valence-corrected chi connectivity index (χ0v) is 12.5. The van der Waals surface area contributed by atoms with E-state index in [4.69, 9.17) is 9.15 Å². The van der Waals surface area contributed by atoms with Gasteiger partial charge in [0.1, 0.15) is 5.58 Å². The zero-order valence-electron chi connectivity index (χ0n) is 11.7. The lowest BCUT2D eigenvalue weighted by atomic mass is 10.3. The van der Waals surface area contributed by atoms with Crippen molar-refractivity contribution >= 4 is 27.1 Å². The van der Waals surface area contributed by atoms with Crippen LogP contribution in [0.3, 0.4) is 0 Å². The summed E-state index contributed by atoms with van der Waals surface area (Å²) in [4.78, 5) is 13.6. The van der Waals surface area contributed by atoms with Crippen molar-refractivity contribution in [2.24, 2.45) is 0 Å². The largest absolute Gasteiger partial charge is 0.430 e. The molecule has 3 aromatic rings. The summed E-state index contributed by atoms with van der Waals surface area (Å²) in [5, 5.41) is 0.764. The summed E-state index contributed by atoms with van der Waals surface area (Å²) < 4.78 is 34.0. The van der Waals surface area contributed by atoms with Crippen molar-refractivity contribution in [2.75, 3.05) is 0 Å². The Morgan fingerprint density at radius 2 is 1.70 bits per heavy atom. The van der Waals surface area contributed by atoms with Crippen LogP contribution < -0.4 is 15.0 Å². The van der Waals surface area contributed by atoms with Crippen LogP contribution in [-0.4, -0.2) is 14.5 Å². The first-order valence-electron chi connectivity index (χ1n) is 6.58. The van der Waals surface area contributed by atoms with Crippen molar-refractivity contribution in [2.45, 2.75) is 4.90 Å². The number of nitrogens with one attached hydrogen (secondary N) is 2. The molecule has 8 heteroatoms. The van der Waals surface area contributed by atoms with Gasteiger partial charge in [0.05, 0.1) is 4.90 Å². The van der Waals surface area contributed by atoms with Gasteiger partial charge in [0.2, 0.25) is 0 Å². The molecule has 0 fully saturated rings. The molecule has 0 aliphatic heterocycles. The molecule has 1 heterocycles. The molecule has 0 atom stereocenters. The average molecular weight is 332 g/mol. The lowest BCUT2D eigenvalue weighted by Crippen LogP contribution is -2.42. The molecule has 7 nitrogen and oxygen atoms in total. The van der Waals surface area contributed by atoms with E-state index < -0.39 is 16.1 Å². The number of hydrogen-bond donors (Lipinski definition) is 2. The number of amides is 1. The highest BCUT2D eigenvalue weighted by Gasteiger charge is 2.16. The molecule has 118 valence electrons. The third kappa shape index (κ3) is 3.50. The number of para-hydroxylation sites is 1. The maximum absolute atomic E-state index is 11.9. The summed E-state index contributed by atoms with van der Waals surface area (Å²) in [6, 6.07) is 16.3. The van der Waals surface area contributed by atoms with Gasteiger partial charge in [0.25, 0.3) is 16.0 Å². The van der Waals surface area contributed by atoms with Gasteiger partial charge in [-0.1, -0.05) is 36.4 Å². The molecular weight excluding hydrogens is 320 g/mol. The molecule has 0 aliphatic carbocycles. The molecule has 0 unspecified atom stereocenters. The highest BCUT2D eigenvalue weighted by Crippen LogP contribution is 2.24. The molecule has 0 saturated heterocycles. The topological polar surface area (TPSA) is 97.6 Å². The number of sulfonamides is 1. The molecule has 23 heavy (non-hydrogen) atoms. The Balaban J connectivity index is 1.63. The van der Waals surface area contributed by atoms with Crippen molar-refractivity contribution in [3.05, 3.63) is 60.7 Å². The van der Waals surface area contributed by atoms with Gasteiger partial charge in [-0.25, -0.2) is 18.6 Å². The number of hydrazine groups is 1. The van der Waals surface area contributed by atoms with Gasteiger partial charge < -0.3 is 9.15 Å². The van der Waals surface area contributed by atoms with Crippen molar-refractivity contribution in [3.8, 4) is 5.95 Å². The summed E-state index contributed by atoms with van der Waals surface area (Å²) in [5.41, 5.74) is 2.51. The Morgan fingerprint density at radius 1 is 1.00 bits per heavy atom. The number of furan rings is 1. The van der Waals surface area contributed by atoms with Crippen LogP contribution in [0.5, 0.6) is 5.95 Å². The Kier molecular flexibility index (Phi) is 4.00. The minimum Gasteiger partial charge on any atom is -0.425 e. The number of rotatable bonds is 4. The second kappa shape index (κ2) is 6.11. The van der Waals surface area contributed by atoms with Crippen molar-refractivity contribution < 1.29 is 22.4 Å². The van der Waals surface area contributed by atoms with Crippen LogP contribution in [0.25, 0.3) is 11.0 Å². The van der Waals surface area contributed by atoms with Gasteiger partial charge in [-0.2, -0.15) is 0 Å². The maximum Gasteiger partial charge on any atom is 0.430 e. The van der Waals surface area contributed by atoms with Gasteiger partial charge in [-0.3, -0.25) is 0 Å². The van der Waals surface area contributed by atoms with Gasteiger partial charge in [-0.05, 0) is 18.2 Å². The van der Waals surface area contributed by atoms with Crippen LogP contribution in [0.1, 0.15) is 0 Å². The monoisotopic (exact) mass is 332 g/mol. The number of hydrogen-bond acceptors (Lipinski definition) is 5. The number of benzene rings is 2. The van der Waals surface area contributed by atoms with E-state index in [1.807, 2.05) is 16.3 Å². The average Bonchev–Trinajstić information content (AvgIpc) is 2.96. The van der Waals surface area contributed by atoms with E-state index in [1.165, 1.54) is 18.2 Å². The highest BCUT2D eigenvalue weighted by molar-refractivity contribution is 7.89. The lowest BCUT2D eigenvalue weighted by molar-refractivity contribution is 0.187. The summed E-state index contributed by atoms with van der Waals surface area (Å²) in [5.74, 6) is -0.0393. The van der Waals surface area contributed by atoms with Crippen LogP contribution in [0, 0.1) is 0 Å². The van der Waals surface area contributed by atoms with E-state index in [0.29, 0.717) is 5.58 Å².